The summed E-state index contributed by atoms with van der Waals surface area (Å²) in [4.78, 5) is 42.5. The molecule has 6 atom stereocenters. The van der Waals surface area contributed by atoms with Gasteiger partial charge in [0.1, 0.15) is 17.4 Å². The van der Waals surface area contributed by atoms with Gasteiger partial charge in [-0.3, -0.25) is 14.4 Å². The zero-order valence-electron chi connectivity index (χ0n) is 20.1. The van der Waals surface area contributed by atoms with Crippen molar-refractivity contribution in [2.75, 3.05) is 33.1 Å². The lowest BCUT2D eigenvalue weighted by molar-refractivity contribution is -0.178. The number of primary amides is 1. The maximum absolute atomic E-state index is 13.7. The van der Waals surface area contributed by atoms with E-state index in [0.717, 1.165) is 0 Å². The van der Waals surface area contributed by atoms with Crippen molar-refractivity contribution in [2.24, 2.45) is 29.2 Å². The zero-order valence-corrected chi connectivity index (χ0v) is 20.1. The van der Waals surface area contributed by atoms with Crippen LogP contribution in [0.5, 0.6) is 5.75 Å². The molecule has 8 N–H and O–H groups in total. The molecule has 3 aliphatic carbocycles. The number of likely N-dealkylation sites (N-methyl/N-ethyl adjacent to an activating group) is 1. The smallest absolute Gasteiger partial charge is 0.230 e. The van der Waals surface area contributed by atoms with Crippen LogP contribution in [0.2, 0.25) is 0 Å². The van der Waals surface area contributed by atoms with E-state index in [1.54, 1.807) is 44.1 Å². The third-order valence-electron chi connectivity index (χ3n) is 7.85. The molecular weight excluding hydrogens is 456 g/mol. The van der Waals surface area contributed by atoms with Crippen molar-refractivity contribution < 1.29 is 34.8 Å². The lowest BCUT2D eigenvalue weighted by atomic mass is 9.56. The van der Waals surface area contributed by atoms with Crippen molar-refractivity contribution in [3.8, 4) is 5.75 Å². The molecule has 0 aromatic heterocycles. The molecule has 1 saturated carbocycles. The van der Waals surface area contributed by atoms with E-state index >= 15 is 0 Å². The molecule has 0 aliphatic heterocycles. The second kappa shape index (κ2) is 8.30. The van der Waals surface area contributed by atoms with Crippen LogP contribution in [-0.2, 0) is 22.6 Å². The molecule has 11 nitrogen and oxygen atoms in total. The number of carbonyl (C=O) groups excluding carboxylic acids is 3. The number of allylic oxidation sites excluding steroid dienone is 1. The molecule has 1 amide bonds. The Hall–Kier alpha value is -2.99. The molecule has 0 spiro atoms. The molecule has 4 rings (SSSR count). The van der Waals surface area contributed by atoms with Crippen molar-refractivity contribution in [1.82, 2.24) is 4.90 Å². The van der Waals surface area contributed by atoms with Crippen LogP contribution in [0.4, 0.5) is 5.69 Å². The number of hydrogen-bond donors (Lipinski definition) is 6. The van der Waals surface area contributed by atoms with Gasteiger partial charge < -0.3 is 41.7 Å². The lowest BCUT2D eigenvalue weighted by Crippen LogP contribution is -2.71. The number of hydrogen-bond acceptors (Lipinski definition) is 10. The molecule has 1 aromatic carbocycles. The van der Waals surface area contributed by atoms with Crippen LogP contribution < -0.4 is 16.4 Å². The first-order valence-corrected chi connectivity index (χ1v) is 11.4. The molecule has 3 aliphatic rings. The Labute approximate surface area is 202 Å². The van der Waals surface area contributed by atoms with Crippen LogP contribution in [0.15, 0.2) is 17.4 Å². The summed E-state index contributed by atoms with van der Waals surface area (Å²) in [6, 6.07) is 0.806. The minimum absolute atomic E-state index is 0.0320. The topological polar surface area (TPSA) is 191 Å². The first-order chi connectivity index (χ1) is 16.3. The summed E-state index contributed by atoms with van der Waals surface area (Å²) in [5.41, 5.74) is 9.95. The number of rotatable bonds is 4. The second-order valence-electron chi connectivity index (χ2n) is 10.1. The van der Waals surface area contributed by atoms with Gasteiger partial charge in [-0.1, -0.05) is 0 Å². The number of anilines is 1. The fourth-order valence-electron chi connectivity index (χ4n) is 6.26. The Kier molecular flexibility index (Phi) is 5.95. The first kappa shape index (κ1) is 25.1. The third kappa shape index (κ3) is 3.29. The van der Waals surface area contributed by atoms with Crippen LogP contribution in [-0.4, -0.2) is 88.7 Å². The fraction of sp³-hybridized carbons (Fsp3) is 0.542. The third-order valence-corrected chi connectivity index (χ3v) is 7.85. The van der Waals surface area contributed by atoms with E-state index in [1.165, 1.54) is 0 Å². The Bertz CT molecular complexity index is 1160. The molecule has 0 saturated heterocycles. The Balaban J connectivity index is 1.97. The normalized spacial score (nSPS) is 32.3. The molecule has 4 unspecified atom stereocenters. The van der Waals surface area contributed by atoms with E-state index in [-0.39, 0.29) is 36.3 Å². The molecule has 11 heteroatoms. The zero-order chi connectivity index (χ0) is 26.1. The molecule has 35 heavy (non-hydrogen) atoms. The number of phenols is 1. The van der Waals surface area contributed by atoms with E-state index in [9.17, 15) is 34.8 Å². The highest BCUT2D eigenvalue weighted by atomic mass is 16.3. The van der Waals surface area contributed by atoms with Crippen LogP contribution in [0.1, 0.15) is 27.9 Å². The van der Waals surface area contributed by atoms with E-state index in [0.29, 0.717) is 16.8 Å². The number of amides is 1. The highest BCUT2D eigenvalue weighted by molar-refractivity contribution is 6.16. The van der Waals surface area contributed by atoms with Gasteiger partial charge in [0.05, 0.1) is 11.7 Å². The van der Waals surface area contributed by atoms with E-state index < -0.39 is 58.7 Å². The van der Waals surface area contributed by atoms with E-state index in [1.807, 2.05) is 0 Å². The summed E-state index contributed by atoms with van der Waals surface area (Å²) in [7, 11) is 6.83. The van der Waals surface area contributed by atoms with Crippen LogP contribution in [0.25, 0.3) is 0 Å². The molecule has 190 valence electrons. The van der Waals surface area contributed by atoms with Crippen LogP contribution in [0.3, 0.4) is 0 Å². The van der Waals surface area contributed by atoms with Crippen molar-refractivity contribution in [3.63, 3.8) is 0 Å². The van der Waals surface area contributed by atoms with Gasteiger partial charge >= 0.3 is 0 Å². The number of aliphatic hydroxyl groups is 3. The SMILES string of the molecule is CN(C)c1cc(CN)c(O)c2c1CC1CC3[C@H](N(C)C)C(O)C(C(N)=O)C(=O)[C@@]3(O)C(O)=C1C2=O. The summed E-state index contributed by atoms with van der Waals surface area (Å²) >= 11 is 0. The number of aliphatic hydroxyl groups excluding tert-OH is 2. The van der Waals surface area contributed by atoms with E-state index in [2.05, 4.69) is 0 Å². The van der Waals surface area contributed by atoms with Gasteiger partial charge in [-0.2, -0.15) is 0 Å². The van der Waals surface area contributed by atoms with Crippen LogP contribution in [0, 0.1) is 17.8 Å². The quantitative estimate of drug-likeness (QED) is 0.281. The summed E-state index contributed by atoms with van der Waals surface area (Å²) in [6.45, 7) is -0.0329. The largest absolute Gasteiger partial charge is 0.508 e. The van der Waals surface area contributed by atoms with Gasteiger partial charge in [0, 0.05) is 49.4 Å². The maximum atomic E-state index is 13.7. The Morgan fingerprint density at radius 1 is 1.20 bits per heavy atom. The molecule has 0 radical (unpaired) electrons. The molecule has 1 aromatic rings. The molecule has 1 fully saturated rings. The highest BCUT2D eigenvalue weighted by Gasteiger charge is 2.66. The second-order valence-corrected chi connectivity index (χ2v) is 10.1. The molecular formula is C24H32N4O7. The number of Topliss-reactive ketones (excluding diaryl/α,β-unsaturated/α-hetero) is 2. The maximum Gasteiger partial charge on any atom is 0.230 e. The number of aromatic hydroxyl groups is 1. The summed E-state index contributed by atoms with van der Waals surface area (Å²) in [5, 5.41) is 44.7. The molecule has 0 bridgehead atoms. The first-order valence-electron chi connectivity index (χ1n) is 11.4. The highest BCUT2D eigenvalue weighted by Crippen LogP contribution is 2.53. The Morgan fingerprint density at radius 2 is 1.83 bits per heavy atom. The number of benzene rings is 1. The minimum Gasteiger partial charge on any atom is -0.508 e. The number of fused-ring (bicyclic) bond motifs is 3. The number of nitrogens with zero attached hydrogens (tertiary/aromatic N) is 2. The van der Waals surface area contributed by atoms with Gasteiger partial charge in [-0.25, -0.2) is 0 Å². The number of carbonyl (C=O) groups is 3. The summed E-state index contributed by atoms with van der Waals surface area (Å²) in [6.07, 6.45) is -1.19. The average Bonchev–Trinajstić information content (AvgIpc) is 2.75. The fourth-order valence-corrected chi connectivity index (χ4v) is 6.26. The predicted molar refractivity (Wildman–Crippen MR) is 126 cm³/mol. The van der Waals surface area contributed by atoms with Crippen LogP contribution >= 0.6 is 0 Å². The van der Waals surface area contributed by atoms with Crippen molar-refractivity contribution in [2.45, 2.75) is 37.1 Å². The summed E-state index contributed by atoms with van der Waals surface area (Å²) < 4.78 is 0. The van der Waals surface area contributed by atoms with Gasteiger partial charge in [-0.15, -0.1) is 0 Å². The Morgan fingerprint density at radius 3 is 2.34 bits per heavy atom. The van der Waals surface area contributed by atoms with E-state index in [4.69, 9.17) is 11.5 Å². The van der Waals surface area contributed by atoms with Gasteiger partial charge in [0.2, 0.25) is 5.91 Å². The number of phenolic OH excluding ortho intramolecular Hbond substituents is 1. The van der Waals surface area contributed by atoms with Gasteiger partial charge in [0.25, 0.3) is 0 Å². The lowest BCUT2D eigenvalue weighted by Gasteiger charge is -2.53. The summed E-state index contributed by atoms with van der Waals surface area (Å²) in [5.74, 6) is -7.54. The minimum atomic E-state index is -2.60. The molecule has 0 heterocycles. The van der Waals surface area contributed by atoms with Crippen molar-refractivity contribution >= 4 is 23.2 Å². The van der Waals surface area contributed by atoms with Gasteiger partial charge in [-0.05, 0) is 44.5 Å². The predicted octanol–water partition coefficient (Wildman–Crippen LogP) is -1.19. The monoisotopic (exact) mass is 488 g/mol. The van der Waals surface area contributed by atoms with Gasteiger partial charge in [0.15, 0.2) is 17.2 Å². The number of ketones is 2. The number of nitrogens with two attached hydrogens (primary N) is 2. The van der Waals surface area contributed by atoms with Crippen molar-refractivity contribution in [1.29, 1.82) is 0 Å². The van der Waals surface area contributed by atoms with Crippen molar-refractivity contribution in [3.05, 3.63) is 34.1 Å². The standard InChI is InChI=1S/C24H32N4O7/c1-27(2)13-7-10(8-25)18(29)15-11(13)5-9-6-12-17(28(3)4)20(31)16(23(26)34)22(33)24(12,35)21(32)14(9)19(15)30/h7,9,12,16-17,20,29,31-32,35H,5-6,8,25H2,1-4H3,(H2,26,34)/t9?,12?,16?,17-,20?,24-/m0/s1. The average molecular weight is 489 g/mol.